The average molecular weight is 1030 g/mol. The van der Waals surface area contributed by atoms with Gasteiger partial charge in [0, 0.05) is 12.5 Å². The topological polar surface area (TPSA) is 338 Å². The van der Waals surface area contributed by atoms with Crippen LogP contribution in [0.5, 0.6) is 0 Å². The maximum atomic E-state index is 11.8. The molecule has 0 aromatic carbocycles. The number of aliphatic hydroxyl groups excluding tert-OH is 12. The Hall–Kier alpha value is -1.14. The molecule has 0 aromatic rings. The minimum Gasteiger partial charge on any atom is -0.394 e. The minimum absolute atomic E-state index is 0.0350. The van der Waals surface area contributed by atoms with Gasteiger partial charge in [-0.1, -0.05) is 39.3 Å². The summed E-state index contributed by atoms with van der Waals surface area (Å²) < 4.78 is 54.9. The smallest absolute Gasteiger partial charge is 0.187 e. The fourth-order valence-corrected chi connectivity index (χ4v) is 15.5. The van der Waals surface area contributed by atoms with Gasteiger partial charge in [0.1, 0.15) is 97.3 Å². The summed E-state index contributed by atoms with van der Waals surface area (Å²) in [5.41, 5.74) is 1.29. The van der Waals surface area contributed by atoms with E-state index in [-0.39, 0.29) is 28.8 Å². The van der Waals surface area contributed by atoms with E-state index in [4.69, 9.17) is 42.6 Å². The van der Waals surface area contributed by atoms with Gasteiger partial charge >= 0.3 is 0 Å². The number of fused-ring (bicyclic) bond motifs is 7. The molecule has 9 fully saturated rings. The van der Waals surface area contributed by atoms with Crippen LogP contribution in [0.3, 0.4) is 0 Å². The van der Waals surface area contributed by atoms with Crippen LogP contribution < -0.4 is 5.32 Å². The second kappa shape index (κ2) is 20.9. The Balaban J connectivity index is 0.826. The van der Waals surface area contributed by atoms with Crippen LogP contribution in [-0.4, -0.2) is 229 Å². The van der Waals surface area contributed by atoms with E-state index in [0.29, 0.717) is 48.3 Å². The molecule has 3 saturated carbocycles. The predicted molar refractivity (Wildman–Crippen MR) is 244 cm³/mol. The van der Waals surface area contributed by atoms with Crippen LogP contribution >= 0.6 is 0 Å². The molecule has 30 atom stereocenters. The third kappa shape index (κ3) is 9.18. The molecule has 0 bridgehead atoms. The summed E-state index contributed by atoms with van der Waals surface area (Å²) in [5, 5.41) is 133. The lowest BCUT2D eigenvalue weighted by atomic mass is 9.47. The Bertz CT molecular complexity index is 1890. The second-order valence-electron chi connectivity index (χ2n) is 23.6. The highest BCUT2D eigenvalue weighted by atomic mass is 16.8. The molecular formula is C50H81NO21. The van der Waals surface area contributed by atoms with E-state index < -0.39 is 143 Å². The molecule has 6 aliphatic heterocycles. The summed E-state index contributed by atoms with van der Waals surface area (Å²) in [5.74, 6) is 3.27. The van der Waals surface area contributed by atoms with Crippen LogP contribution in [-0.2, 0) is 42.6 Å². The molecule has 6 heterocycles. The van der Waals surface area contributed by atoms with Crippen molar-refractivity contribution in [3.05, 3.63) is 11.6 Å². The number of aliphatic hydroxyl groups is 12. The summed E-state index contributed by atoms with van der Waals surface area (Å²) in [6, 6.07) is 0. The van der Waals surface area contributed by atoms with E-state index in [1.807, 2.05) is 0 Å². The lowest BCUT2D eigenvalue weighted by molar-refractivity contribution is -0.403. The van der Waals surface area contributed by atoms with Crippen molar-refractivity contribution >= 4 is 0 Å². The molecule has 1 spiro atoms. The summed E-state index contributed by atoms with van der Waals surface area (Å²) in [7, 11) is 0. The fraction of sp³-hybridized carbons (Fsp3) is 0.960. The number of allylic oxidation sites excluding steroid dienone is 1. The maximum absolute atomic E-state index is 11.8. The average Bonchev–Trinajstić information content (AvgIpc) is 3.82. The highest BCUT2D eigenvalue weighted by Gasteiger charge is 2.68. The number of piperidine rings is 1. The Labute approximate surface area is 419 Å². The van der Waals surface area contributed by atoms with Gasteiger partial charge in [0.05, 0.1) is 38.6 Å². The molecule has 22 nitrogen and oxygen atoms in total. The standard InChI is InChI=1S/C50H81NO21/c1-20-7-12-50(51-15-20)21(2)32-28(72-50)14-26-24-6-5-22-13-23(8-10-48(22,3)25(24)9-11-49(26,32)4)65-45-40(63)37(60)41(31(18-54)68-45)69-47-43(71-46-39(62)36(59)34(57)29(16-52)66-46)42(35(58)30(17-53)67-47)70-44-38(61)33(56)27(55)19-64-44/h5,20-21,23-47,51-63H,6-19H2,1-4H3. The van der Waals surface area contributed by atoms with E-state index >= 15 is 0 Å². The summed E-state index contributed by atoms with van der Waals surface area (Å²) in [4.78, 5) is 0. The first-order valence-corrected chi connectivity index (χ1v) is 26.5. The molecule has 72 heavy (non-hydrogen) atoms. The maximum Gasteiger partial charge on any atom is 0.187 e. The van der Waals surface area contributed by atoms with Crippen molar-refractivity contribution in [1.29, 1.82) is 0 Å². The van der Waals surface area contributed by atoms with Crippen LogP contribution in [0, 0.1) is 46.3 Å². The summed E-state index contributed by atoms with van der Waals surface area (Å²) in [6.45, 7) is 7.70. The van der Waals surface area contributed by atoms with Gasteiger partial charge in [-0.3, -0.25) is 5.32 Å². The molecule has 10 aliphatic rings. The minimum atomic E-state index is -2.00. The molecule has 412 valence electrons. The van der Waals surface area contributed by atoms with Crippen LogP contribution in [0.15, 0.2) is 11.6 Å². The molecule has 6 saturated heterocycles. The molecular weight excluding hydrogens is 951 g/mol. The number of hydrogen-bond donors (Lipinski definition) is 13. The van der Waals surface area contributed by atoms with Gasteiger partial charge < -0.3 is 104 Å². The third-order valence-electron chi connectivity index (χ3n) is 19.7. The summed E-state index contributed by atoms with van der Waals surface area (Å²) in [6.07, 6.45) is -21.8. The largest absolute Gasteiger partial charge is 0.394 e. The third-order valence-corrected chi connectivity index (χ3v) is 19.7. The van der Waals surface area contributed by atoms with E-state index in [2.05, 4.69) is 39.1 Å². The Morgan fingerprint density at radius 1 is 0.625 bits per heavy atom. The second-order valence-corrected chi connectivity index (χ2v) is 23.6. The highest BCUT2D eigenvalue weighted by molar-refractivity contribution is 5.27. The van der Waals surface area contributed by atoms with Gasteiger partial charge in [-0.2, -0.15) is 0 Å². The number of nitrogens with one attached hydrogen (secondary N) is 1. The SMILES string of the molecule is CC1CCC2(NC1)OC1CC3C4CC=C5CC(OC6OC(CO)C(OC7OC(CO)C(O)C(OC8OCC(O)C(O)C8O)C7OC7OC(CO)C(O)C(O)C7O)C(O)C6O)CCC5(C)C4CCC3(C)C1C2C. The quantitative estimate of drug-likeness (QED) is 0.0932. The van der Waals surface area contributed by atoms with Gasteiger partial charge in [0.2, 0.25) is 0 Å². The Kier molecular flexibility index (Phi) is 15.7. The highest BCUT2D eigenvalue weighted by Crippen LogP contribution is 2.70. The number of rotatable bonds is 11. The molecule has 0 amide bonds. The van der Waals surface area contributed by atoms with Gasteiger partial charge in [-0.05, 0) is 98.2 Å². The number of ether oxygens (including phenoxy) is 9. The van der Waals surface area contributed by atoms with E-state index in [9.17, 15) is 61.3 Å². The molecule has 0 aromatic heterocycles. The zero-order chi connectivity index (χ0) is 51.3. The van der Waals surface area contributed by atoms with E-state index in [0.717, 1.165) is 38.6 Å². The Morgan fingerprint density at radius 2 is 1.26 bits per heavy atom. The van der Waals surface area contributed by atoms with Crippen LogP contribution in [0.1, 0.15) is 85.5 Å². The lowest BCUT2D eigenvalue weighted by Crippen LogP contribution is -2.68. The van der Waals surface area contributed by atoms with Gasteiger partial charge in [0.15, 0.2) is 25.2 Å². The van der Waals surface area contributed by atoms with Gasteiger partial charge in [-0.25, -0.2) is 0 Å². The van der Waals surface area contributed by atoms with Crippen LogP contribution in [0.2, 0.25) is 0 Å². The van der Waals surface area contributed by atoms with Crippen molar-refractivity contribution in [1.82, 2.24) is 5.32 Å². The van der Waals surface area contributed by atoms with Crippen LogP contribution in [0.4, 0.5) is 0 Å². The van der Waals surface area contributed by atoms with Gasteiger partial charge in [0.25, 0.3) is 0 Å². The van der Waals surface area contributed by atoms with Crippen molar-refractivity contribution in [2.75, 3.05) is 33.0 Å². The van der Waals surface area contributed by atoms with Crippen molar-refractivity contribution < 1.29 is 104 Å². The van der Waals surface area contributed by atoms with E-state index in [1.54, 1.807) is 0 Å². The number of hydrogen-bond acceptors (Lipinski definition) is 22. The van der Waals surface area contributed by atoms with Gasteiger partial charge in [-0.15, -0.1) is 0 Å². The molecule has 10 rings (SSSR count). The first-order valence-electron chi connectivity index (χ1n) is 26.5. The zero-order valence-corrected chi connectivity index (χ0v) is 41.6. The lowest BCUT2D eigenvalue weighted by Gasteiger charge is -2.59. The molecule has 22 heteroatoms. The molecule has 30 unspecified atom stereocenters. The normalized spacial score (nSPS) is 56.7. The van der Waals surface area contributed by atoms with Crippen molar-refractivity contribution in [2.24, 2.45) is 46.3 Å². The molecule has 13 N–H and O–H groups in total. The predicted octanol–water partition coefficient (Wildman–Crippen LogP) is -2.78. The van der Waals surface area contributed by atoms with Crippen molar-refractivity contribution in [3.8, 4) is 0 Å². The molecule has 4 aliphatic carbocycles. The summed E-state index contributed by atoms with van der Waals surface area (Å²) >= 11 is 0. The Morgan fingerprint density at radius 3 is 1.97 bits per heavy atom. The first kappa shape index (κ1) is 54.2. The first-order chi connectivity index (χ1) is 34.3. The molecule has 0 radical (unpaired) electrons. The zero-order valence-electron chi connectivity index (χ0n) is 41.6. The van der Waals surface area contributed by atoms with E-state index in [1.165, 1.54) is 18.4 Å². The van der Waals surface area contributed by atoms with Crippen molar-refractivity contribution in [2.45, 2.75) is 220 Å². The fourth-order valence-electron chi connectivity index (χ4n) is 15.5. The monoisotopic (exact) mass is 1030 g/mol. The van der Waals surface area contributed by atoms with Crippen LogP contribution in [0.25, 0.3) is 0 Å². The van der Waals surface area contributed by atoms with Crippen molar-refractivity contribution in [3.63, 3.8) is 0 Å².